The van der Waals surface area contributed by atoms with E-state index in [1.54, 1.807) is 6.21 Å². The van der Waals surface area contributed by atoms with E-state index in [-0.39, 0.29) is 6.04 Å². The van der Waals surface area contributed by atoms with E-state index < -0.39 is 0 Å². The zero-order chi connectivity index (χ0) is 7.14. The highest BCUT2D eigenvalue weighted by Gasteiger charge is 2.29. The van der Waals surface area contributed by atoms with Crippen LogP contribution in [0, 0.1) is 5.92 Å². The quantitative estimate of drug-likeness (QED) is 0.535. The van der Waals surface area contributed by atoms with Crippen molar-refractivity contribution in [2.24, 2.45) is 10.9 Å². The van der Waals surface area contributed by atoms with Crippen LogP contribution in [0.25, 0.3) is 0 Å². The average molecular weight is 135 g/mol. The molecular formula is C8H9NO. The minimum absolute atomic E-state index is 0.0324. The number of aliphatic hydroxyl groups excluding tert-OH is 1. The maximum Gasteiger partial charge on any atom is 0.128 e. The third-order valence-corrected chi connectivity index (χ3v) is 2.04. The van der Waals surface area contributed by atoms with Gasteiger partial charge in [-0.3, -0.25) is 4.99 Å². The van der Waals surface area contributed by atoms with Gasteiger partial charge in [0.05, 0.1) is 0 Å². The zero-order valence-corrected chi connectivity index (χ0v) is 5.78. The third kappa shape index (κ3) is 0.561. The van der Waals surface area contributed by atoms with Gasteiger partial charge in [-0.05, 0) is 17.7 Å². The SMILES string of the molecule is CC1C=C(O)[C@H]2N=CC=C12. The van der Waals surface area contributed by atoms with E-state index >= 15 is 0 Å². The molecule has 0 aromatic heterocycles. The molecule has 1 aliphatic heterocycles. The van der Waals surface area contributed by atoms with Crippen molar-refractivity contribution in [3.63, 3.8) is 0 Å². The van der Waals surface area contributed by atoms with Gasteiger partial charge in [-0.1, -0.05) is 6.92 Å². The summed E-state index contributed by atoms with van der Waals surface area (Å²) in [5, 5.41) is 9.28. The Morgan fingerprint density at radius 2 is 2.40 bits per heavy atom. The third-order valence-electron chi connectivity index (χ3n) is 2.04. The predicted octanol–water partition coefficient (Wildman–Crippen LogP) is 1.46. The lowest BCUT2D eigenvalue weighted by atomic mass is 10.0. The van der Waals surface area contributed by atoms with E-state index in [4.69, 9.17) is 0 Å². The Balaban J connectivity index is 2.40. The molecule has 0 radical (unpaired) electrons. The average Bonchev–Trinajstić information content (AvgIpc) is 2.39. The van der Waals surface area contributed by atoms with Crippen molar-refractivity contribution < 1.29 is 5.11 Å². The second-order valence-electron chi connectivity index (χ2n) is 2.75. The topological polar surface area (TPSA) is 32.6 Å². The molecule has 52 valence electrons. The standard InChI is InChI=1S/C8H9NO/c1-5-4-7(10)8-6(5)2-3-9-8/h2-5,8,10H,1H3/t5?,8-/m0/s1. The smallest absolute Gasteiger partial charge is 0.128 e. The van der Waals surface area contributed by atoms with Crippen molar-refractivity contribution in [1.82, 2.24) is 0 Å². The number of aliphatic imine (C=N–C) groups is 1. The van der Waals surface area contributed by atoms with E-state index in [1.807, 2.05) is 12.2 Å². The molecule has 0 saturated carbocycles. The van der Waals surface area contributed by atoms with Crippen LogP contribution in [-0.2, 0) is 0 Å². The molecule has 1 N–H and O–H groups in total. The summed E-state index contributed by atoms with van der Waals surface area (Å²) in [4.78, 5) is 4.09. The van der Waals surface area contributed by atoms with Crippen LogP contribution in [0.2, 0.25) is 0 Å². The first-order valence-corrected chi connectivity index (χ1v) is 3.43. The highest BCUT2D eigenvalue weighted by Crippen LogP contribution is 2.32. The molecule has 1 aliphatic carbocycles. The number of aliphatic hydroxyl groups is 1. The van der Waals surface area contributed by atoms with Crippen LogP contribution in [0.1, 0.15) is 6.92 Å². The lowest BCUT2D eigenvalue weighted by Crippen LogP contribution is -2.03. The van der Waals surface area contributed by atoms with Crippen LogP contribution in [-0.4, -0.2) is 17.4 Å². The lowest BCUT2D eigenvalue weighted by Gasteiger charge is -2.04. The molecule has 2 rings (SSSR count). The van der Waals surface area contributed by atoms with Gasteiger partial charge in [-0.15, -0.1) is 0 Å². The maximum atomic E-state index is 9.28. The molecule has 2 aliphatic rings. The van der Waals surface area contributed by atoms with Gasteiger partial charge in [0.25, 0.3) is 0 Å². The summed E-state index contributed by atoms with van der Waals surface area (Å²) < 4.78 is 0. The van der Waals surface area contributed by atoms with Gasteiger partial charge in [-0.2, -0.15) is 0 Å². The summed E-state index contributed by atoms with van der Waals surface area (Å²) >= 11 is 0. The van der Waals surface area contributed by atoms with Gasteiger partial charge in [0.1, 0.15) is 11.8 Å². The minimum Gasteiger partial charge on any atom is -0.510 e. The first-order chi connectivity index (χ1) is 4.79. The van der Waals surface area contributed by atoms with Crippen molar-refractivity contribution in [3.8, 4) is 0 Å². The number of rotatable bonds is 0. The summed E-state index contributed by atoms with van der Waals surface area (Å²) in [5.74, 6) is 0.778. The highest BCUT2D eigenvalue weighted by atomic mass is 16.3. The molecule has 0 spiro atoms. The van der Waals surface area contributed by atoms with Crippen LogP contribution < -0.4 is 0 Å². The minimum atomic E-state index is -0.0324. The number of nitrogens with zero attached hydrogens (tertiary/aromatic N) is 1. The summed E-state index contributed by atoms with van der Waals surface area (Å²) in [7, 11) is 0. The first kappa shape index (κ1) is 5.71. The molecule has 1 heterocycles. The molecule has 2 nitrogen and oxygen atoms in total. The van der Waals surface area contributed by atoms with E-state index in [9.17, 15) is 5.11 Å². The number of fused-ring (bicyclic) bond motifs is 1. The highest BCUT2D eigenvalue weighted by molar-refractivity contribution is 5.78. The van der Waals surface area contributed by atoms with E-state index in [0.717, 1.165) is 0 Å². The van der Waals surface area contributed by atoms with Gasteiger partial charge >= 0.3 is 0 Å². The Labute approximate surface area is 59.6 Å². The van der Waals surface area contributed by atoms with Crippen LogP contribution in [0.3, 0.4) is 0 Å². The molecule has 1 unspecified atom stereocenters. The normalized spacial score (nSPS) is 35.7. The van der Waals surface area contributed by atoms with Crippen LogP contribution in [0.4, 0.5) is 0 Å². The first-order valence-electron chi connectivity index (χ1n) is 3.43. The summed E-state index contributed by atoms with van der Waals surface area (Å²) in [6.07, 6.45) is 5.60. The van der Waals surface area contributed by atoms with Crippen LogP contribution in [0.15, 0.2) is 28.5 Å². The fourth-order valence-corrected chi connectivity index (χ4v) is 1.48. The van der Waals surface area contributed by atoms with Gasteiger partial charge in [0, 0.05) is 12.1 Å². The maximum absolute atomic E-state index is 9.28. The van der Waals surface area contributed by atoms with Crippen molar-refractivity contribution in [2.75, 3.05) is 0 Å². The Morgan fingerprint density at radius 1 is 1.60 bits per heavy atom. The predicted molar refractivity (Wildman–Crippen MR) is 40.2 cm³/mol. The summed E-state index contributed by atoms with van der Waals surface area (Å²) in [6, 6.07) is -0.0324. The second-order valence-corrected chi connectivity index (χ2v) is 2.75. The monoisotopic (exact) mass is 135 g/mol. The molecule has 0 amide bonds. The second kappa shape index (κ2) is 1.72. The number of allylic oxidation sites excluding steroid dienone is 2. The van der Waals surface area contributed by atoms with Crippen molar-refractivity contribution in [1.29, 1.82) is 0 Å². The molecule has 0 saturated heterocycles. The molecule has 2 heteroatoms. The Hall–Kier alpha value is -1.05. The van der Waals surface area contributed by atoms with Crippen LogP contribution >= 0.6 is 0 Å². The summed E-state index contributed by atoms with van der Waals surface area (Å²) in [6.45, 7) is 2.07. The van der Waals surface area contributed by atoms with Crippen molar-refractivity contribution in [3.05, 3.63) is 23.5 Å². The Morgan fingerprint density at radius 3 is 3.10 bits per heavy atom. The van der Waals surface area contributed by atoms with Gasteiger partial charge in [-0.25, -0.2) is 0 Å². The number of hydrogen-bond donors (Lipinski definition) is 1. The Kier molecular flexibility index (Phi) is 0.982. The summed E-state index contributed by atoms with van der Waals surface area (Å²) in [5.41, 5.74) is 1.22. The van der Waals surface area contributed by atoms with Gasteiger partial charge < -0.3 is 5.11 Å². The fraction of sp³-hybridized carbons (Fsp3) is 0.375. The molecule has 0 aromatic rings. The van der Waals surface area contributed by atoms with Gasteiger partial charge in [0.15, 0.2) is 0 Å². The molecular weight excluding hydrogens is 126 g/mol. The molecule has 0 aromatic carbocycles. The fourth-order valence-electron chi connectivity index (χ4n) is 1.48. The largest absolute Gasteiger partial charge is 0.510 e. The van der Waals surface area contributed by atoms with Gasteiger partial charge in [0.2, 0.25) is 0 Å². The Bertz CT molecular complexity index is 250. The van der Waals surface area contributed by atoms with E-state index in [1.165, 1.54) is 5.57 Å². The van der Waals surface area contributed by atoms with Crippen LogP contribution in [0.5, 0.6) is 0 Å². The molecule has 10 heavy (non-hydrogen) atoms. The molecule has 2 atom stereocenters. The zero-order valence-electron chi connectivity index (χ0n) is 5.78. The molecule has 0 bridgehead atoms. The van der Waals surface area contributed by atoms with Crippen molar-refractivity contribution >= 4 is 6.21 Å². The molecule has 0 fully saturated rings. The number of hydrogen-bond acceptors (Lipinski definition) is 2. The van der Waals surface area contributed by atoms with E-state index in [0.29, 0.717) is 11.7 Å². The van der Waals surface area contributed by atoms with E-state index in [2.05, 4.69) is 11.9 Å². The van der Waals surface area contributed by atoms with Crippen molar-refractivity contribution in [2.45, 2.75) is 13.0 Å². The lowest BCUT2D eigenvalue weighted by molar-refractivity contribution is 0.389.